The minimum Gasteiger partial charge on any atom is -0.446 e. The Morgan fingerprint density at radius 3 is 2.39 bits per heavy atom. The summed E-state index contributed by atoms with van der Waals surface area (Å²) in [5.74, 6) is 3.97. The molecule has 216 valence electrons. The SMILES string of the molecule is CCCN(CCC)C(=O)O[C@H]1CC[C@@]2(C)C(=CC[C@H]3[C@@H]4CC[C@H]([C@H](C)CCC(=O)N(C)C)[C@@]4(C)CC[C@@H]32)C1. The van der Waals surface area contributed by atoms with E-state index in [4.69, 9.17) is 4.74 Å². The summed E-state index contributed by atoms with van der Waals surface area (Å²) in [7, 11) is 3.75. The zero-order valence-electron chi connectivity index (χ0n) is 25.6. The molecular weight excluding hydrogens is 472 g/mol. The topological polar surface area (TPSA) is 49.9 Å². The van der Waals surface area contributed by atoms with Crippen molar-refractivity contribution in [1.29, 1.82) is 0 Å². The Balaban J connectivity index is 1.41. The van der Waals surface area contributed by atoms with Gasteiger partial charge in [0.25, 0.3) is 0 Å². The molecule has 4 aliphatic rings. The molecule has 5 heteroatoms. The van der Waals surface area contributed by atoms with E-state index in [-0.39, 0.29) is 23.5 Å². The fourth-order valence-corrected chi connectivity index (χ4v) is 9.53. The van der Waals surface area contributed by atoms with Crippen molar-refractivity contribution in [1.82, 2.24) is 9.80 Å². The van der Waals surface area contributed by atoms with Crippen molar-refractivity contribution in [2.75, 3.05) is 27.2 Å². The van der Waals surface area contributed by atoms with Crippen molar-refractivity contribution in [2.24, 2.45) is 40.4 Å². The van der Waals surface area contributed by atoms with Crippen molar-refractivity contribution >= 4 is 12.0 Å². The lowest BCUT2D eigenvalue weighted by atomic mass is 9.47. The van der Waals surface area contributed by atoms with Crippen LogP contribution >= 0.6 is 0 Å². The van der Waals surface area contributed by atoms with Crippen LogP contribution in [-0.2, 0) is 9.53 Å². The molecule has 4 aliphatic carbocycles. The maximum atomic E-state index is 12.9. The standard InChI is InChI=1S/C33H56N2O3/c1-8-20-35(21-9-2)31(37)38-25-16-18-32(4)24(22-25)11-12-26-28-14-13-27(33(28,5)19-17-29(26)32)23(3)10-15-30(36)34(6)7/h11,23,25-29H,8-10,12-22H2,1-7H3/t23-,25+,26+,27-,28+,29+,32+,33-/m1/s1. The zero-order chi connectivity index (χ0) is 27.7. The van der Waals surface area contributed by atoms with Gasteiger partial charge in [-0.25, -0.2) is 4.79 Å². The van der Waals surface area contributed by atoms with Crippen LogP contribution in [0, 0.1) is 40.4 Å². The second-order valence-electron chi connectivity index (χ2n) is 14.0. The van der Waals surface area contributed by atoms with Gasteiger partial charge in [0, 0.05) is 40.0 Å². The van der Waals surface area contributed by atoms with Crippen LogP contribution in [0.25, 0.3) is 0 Å². The molecular formula is C33H56N2O3. The highest BCUT2D eigenvalue weighted by Crippen LogP contribution is 2.67. The maximum absolute atomic E-state index is 12.9. The van der Waals surface area contributed by atoms with Crippen LogP contribution in [0.3, 0.4) is 0 Å². The summed E-state index contributed by atoms with van der Waals surface area (Å²) in [6.07, 6.45) is 15.8. The number of hydrogen-bond donors (Lipinski definition) is 0. The fourth-order valence-electron chi connectivity index (χ4n) is 9.53. The molecule has 38 heavy (non-hydrogen) atoms. The summed E-state index contributed by atoms with van der Waals surface area (Å²) in [6.45, 7) is 13.4. The predicted octanol–water partition coefficient (Wildman–Crippen LogP) is 7.70. The smallest absolute Gasteiger partial charge is 0.410 e. The molecule has 0 aromatic carbocycles. The molecule has 0 saturated heterocycles. The van der Waals surface area contributed by atoms with Crippen LogP contribution in [-0.4, -0.2) is 55.1 Å². The Hall–Kier alpha value is -1.52. The van der Waals surface area contributed by atoms with Gasteiger partial charge in [-0.05, 0) is 105 Å². The number of carbonyl (C=O) groups excluding carboxylic acids is 2. The number of amides is 2. The average Bonchev–Trinajstić information content (AvgIpc) is 3.24. The van der Waals surface area contributed by atoms with E-state index in [0.29, 0.717) is 17.8 Å². The molecule has 0 bridgehead atoms. The predicted molar refractivity (Wildman–Crippen MR) is 155 cm³/mol. The van der Waals surface area contributed by atoms with Gasteiger partial charge in [0.2, 0.25) is 5.91 Å². The summed E-state index contributed by atoms with van der Waals surface area (Å²) in [6, 6.07) is 0. The van der Waals surface area contributed by atoms with E-state index in [1.165, 1.54) is 32.1 Å². The van der Waals surface area contributed by atoms with E-state index in [0.717, 1.165) is 75.3 Å². The fraction of sp³-hybridized carbons (Fsp3) is 0.879. The second-order valence-corrected chi connectivity index (χ2v) is 14.0. The number of rotatable bonds is 9. The first-order valence-electron chi connectivity index (χ1n) is 15.9. The molecule has 5 nitrogen and oxygen atoms in total. The Bertz CT molecular complexity index is 877. The molecule has 2 amide bonds. The maximum Gasteiger partial charge on any atom is 0.410 e. The third-order valence-corrected chi connectivity index (χ3v) is 11.6. The third-order valence-electron chi connectivity index (χ3n) is 11.6. The van der Waals surface area contributed by atoms with Crippen molar-refractivity contribution in [3.63, 3.8) is 0 Å². The lowest BCUT2D eigenvalue weighted by Crippen LogP contribution is -2.51. The minimum atomic E-state index is -0.108. The minimum absolute atomic E-state index is 0.0324. The number of fused-ring (bicyclic) bond motifs is 5. The van der Waals surface area contributed by atoms with Gasteiger partial charge in [-0.2, -0.15) is 0 Å². The summed E-state index contributed by atoms with van der Waals surface area (Å²) in [4.78, 5) is 28.8. The van der Waals surface area contributed by atoms with E-state index >= 15 is 0 Å². The van der Waals surface area contributed by atoms with Gasteiger partial charge in [-0.1, -0.05) is 46.3 Å². The molecule has 4 rings (SSSR count). The second kappa shape index (κ2) is 11.9. The Morgan fingerprint density at radius 2 is 1.74 bits per heavy atom. The highest BCUT2D eigenvalue weighted by Gasteiger charge is 2.59. The van der Waals surface area contributed by atoms with Crippen LogP contribution in [0.1, 0.15) is 112 Å². The third kappa shape index (κ3) is 5.55. The van der Waals surface area contributed by atoms with Gasteiger partial charge >= 0.3 is 6.09 Å². The monoisotopic (exact) mass is 528 g/mol. The normalized spacial score (nSPS) is 36.8. The quantitative estimate of drug-likeness (QED) is 0.288. The van der Waals surface area contributed by atoms with E-state index in [9.17, 15) is 9.59 Å². The van der Waals surface area contributed by atoms with E-state index < -0.39 is 0 Å². The Kier molecular flexibility index (Phi) is 9.24. The molecule has 8 atom stereocenters. The summed E-state index contributed by atoms with van der Waals surface area (Å²) in [5, 5.41) is 0. The largest absolute Gasteiger partial charge is 0.446 e. The highest BCUT2D eigenvalue weighted by atomic mass is 16.6. The van der Waals surface area contributed by atoms with E-state index in [2.05, 4.69) is 40.7 Å². The molecule has 3 saturated carbocycles. The van der Waals surface area contributed by atoms with Crippen molar-refractivity contribution in [3.05, 3.63) is 11.6 Å². The Labute approximate surface area is 233 Å². The number of ether oxygens (including phenoxy) is 1. The number of hydrogen-bond acceptors (Lipinski definition) is 3. The molecule has 0 unspecified atom stereocenters. The number of nitrogens with zero attached hydrogens (tertiary/aromatic N) is 2. The van der Waals surface area contributed by atoms with Gasteiger partial charge in [0.15, 0.2) is 0 Å². The summed E-state index contributed by atoms with van der Waals surface area (Å²) in [5.41, 5.74) is 2.26. The van der Waals surface area contributed by atoms with Crippen molar-refractivity contribution in [2.45, 2.75) is 118 Å². The van der Waals surface area contributed by atoms with Crippen LogP contribution in [0.5, 0.6) is 0 Å². The van der Waals surface area contributed by atoms with Crippen molar-refractivity contribution in [3.8, 4) is 0 Å². The molecule has 0 aromatic heterocycles. The lowest BCUT2D eigenvalue weighted by molar-refractivity contribution is -0.129. The van der Waals surface area contributed by atoms with E-state index in [1.807, 2.05) is 19.0 Å². The van der Waals surface area contributed by atoms with Crippen LogP contribution in [0.2, 0.25) is 0 Å². The molecule has 0 aliphatic heterocycles. The average molecular weight is 529 g/mol. The molecule has 0 aromatic rings. The first-order chi connectivity index (χ1) is 18.0. The summed E-state index contributed by atoms with van der Waals surface area (Å²) >= 11 is 0. The van der Waals surface area contributed by atoms with Gasteiger partial charge in [0.05, 0.1) is 0 Å². The van der Waals surface area contributed by atoms with Crippen LogP contribution in [0.15, 0.2) is 11.6 Å². The lowest BCUT2D eigenvalue weighted by Gasteiger charge is -2.58. The van der Waals surface area contributed by atoms with Gasteiger partial charge in [0.1, 0.15) is 6.10 Å². The van der Waals surface area contributed by atoms with Crippen LogP contribution < -0.4 is 0 Å². The Morgan fingerprint density at radius 1 is 1.03 bits per heavy atom. The molecule has 3 fully saturated rings. The number of allylic oxidation sites excluding steroid dienone is 1. The van der Waals surface area contributed by atoms with Gasteiger partial charge < -0.3 is 14.5 Å². The zero-order valence-corrected chi connectivity index (χ0v) is 25.6. The summed E-state index contributed by atoms with van der Waals surface area (Å²) < 4.78 is 6.09. The number of carbonyl (C=O) groups is 2. The van der Waals surface area contributed by atoms with Gasteiger partial charge in [-0.3, -0.25) is 4.79 Å². The van der Waals surface area contributed by atoms with Crippen LogP contribution in [0.4, 0.5) is 4.79 Å². The first kappa shape index (κ1) is 29.5. The van der Waals surface area contributed by atoms with Crippen molar-refractivity contribution < 1.29 is 14.3 Å². The van der Waals surface area contributed by atoms with E-state index in [1.54, 1.807) is 10.5 Å². The highest BCUT2D eigenvalue weighted by molar-refractivity contribution is 5.75. The molecule has 0 spiro atoms. The molecule has 0 radical (unpaired) electrons. The van der Waals surface area contributed by atoms with Gasteiger partial charge in [-0.15, -0.1) is 0 Å². The molecule has 0 heterocycles. The first-order valence-corrected chi connectivity index (χ1v) is 15.9. The molecule has 0 N–H and O–H groups in total.